The molecule has 0 aliphatic rings. The van der Waals surface area contributed by atoms with Gasteiger partial charge in [-0.05, 0) is 45.0 Å². The second-order valence-corrected chi connectivity index (χ2v) is 4.59. The van der Waals surface area contributed by atoms with Crippen molar-refractivity contribution in [3.05, 3.63) is 29.8 Å². The molecule has 0 aromatic heterocycles. The Labute approximate surface area is 122 Å². The Kier molecular flexibility index (Phi) is 5.71. The van der Waals surface area contributed by atoms with Gasteiger partial charge in [-0.2, -0.15) is 0 Å². The van der Waals surface area contributed by atoms with Crippen LogP contribution in [0.25, 0.3) is 0 Å². The number of hydrogen-bond acceptors (Lipinski definition) is 5. The van der Waals surface area contributed by atoms with Crippen molar-refractivity contribution in [3.63, 3.8) is 0 Å². The molecule has 3 amide bonds. The van der Waals surface area contributed by atoms with E-state index in [0.717, 1.165) is 0 Å². The summed E-state index contributed by atoms with van der Waals surface area (Å²) in [6.07, 6.45) is -1.10. The number of primary amides is 1. The lowest BCUT2D eigenvalue weighted by atomic mass is 10.2. The number of benzene rings is 1. The zero-order valence-corrected chi connectivity index (χ0v) is 12.1. The van der Waals surface area contributed by atoms with E-state index in [0.29, 0.717) is 5.75 Å². The highest BCUT2D eigenvalue weighted by atomic mass is 16.5. The maximum absolute atomic E-state index is 11.8. The summed E-state index contributed by atoms with van der Waals surface area (Å²) in [5.41, 5.74) is 5.07. The van der Waals surface area contributed by atoms with E-state index in [1.807, 2.05) is 19.2 Å². The monoisotopic (exact) mass is 294 g/mol. The molecule has 0 fully saturated rings. The van der Waals surface area contributed by atoms with Crippen LogP contribution in [0.1, 0.15) is 31.1 Å². The van der Waals surface area contributed by atoms with Gasteiger partial charge in [-0.3, -0.25) is 10.1 Å². The van der Waals surface area contributed by atoms with Gasteiger partial charge in [0.25, 0.3) is 5.91 Å². The number of rotatable bonds is 5. The van der Waals surface area contributed by atoms with Crippen LogP contribution in [0.5, 0.6) is 5.75 Å². The maximum atomic E-state index is 11.8. The van der Waals surface area contributed by atoms with Gasteiger partial charge in [0.1, 0.15) is 5.75 Å². The van der Waals surface area contributed by atoms with E-state index in [1.165, 1.54) is 19.1 Å². The Morgan fingerprint density at radius 3 is 2.14 bits per heavy atom. The molecule has 0 radical (unpaired) electrons. The van der Waals surface area contributed by atoms with Gasteiger partial charge >= 0.3 is 12.0 Å². The smallest absolute Gasteiger partial charge is 0.338 e. The van der Waals surface area contributed by atoms with Crippen LogP contribution in [-0.2, 0) is 9.53 Å². The van der Waals surface area contributed by atoms with Crippen LogP contribution in [0.3, 0.4) is 0 Å². The third kappa shape index (κ3) is 5.52. The second-order valence-electron chi connectivity index (χ2n) is 4.59. The van der Waals surface area contributed by atoms with Gasteiger partial charge in [0, 0.05) is 0 Å². The van der Waals surface area contributed by atoms with E-state index >= 15 is 0 Å². The Bertz CT molecular complexity index is 525. The first-order chi connectivity index (χ1) is 9.79. The first-order valence-corrected chi connectivity index (χ1v) is 6.37. The van der Waals surface area contributed by atoms with Crippen molar-refractivity contribution in [2.75, 3.05) is 0 Å². The number of esters is 1. The summed E-state index contributed by atoms with van der Waals surface area (Å²) >= 11 is 0. The molecule has 0 heterocycles. The van der Waals surface area contributed by atoms with Crippen molar-refractivity contribution in [3.8, 4) is 5.75 Å². The van der Waals surface area contributed by atoms with E-state index < -0.39 is 24.0 Å². The molecule has 0 saturated heterocycles. The van der Waals surface area contributed by atoms with Gasteiger partial charge in [-0.25, -0.2) is 9.59 Å². The Morgan fingerprint density at radius 2 is 1.67 bits per heavy atom. The molecule has 7 nitrogen and oxygen atoms in total. The highest BCUT2D eigenvalue weighted by Crippen LogP contribution is 2.15. The SMILES string of the molecule is CC(C)Oc1ccc(C(=O)O[C@@H](C)C(=O)NC(N)=O)cc1. The van der Waals surface area contributed by atoms with Crippen LogP contribution < -0.4 is 15.8 Å². The molecule has 3 N–H and O–H groups in total. The predicted molar refractivity (Wildman–Crippen MR) is 74.8 cm³/mol. The van der Waals surface area contributed by atoms with E-state index in [2.05, 4.69) is 0 Å². The quantitative estimate of drug-likeness (QED) is 0.794. The summed E-state index contributed by atoms with van der Waals surface area (Å²) in [6, 6.07) is 5.31. The molecule has 1 rings (SSSR count). The number of imide groups is 1. The minimum Gasteiger partial charge on any atom is -0.491 e. The Balaban J connectivity index is 2.63. The van der Waals surface area contributed by atoms with Gasteiger partial charge < -0.3 is 15.2 Å². The standard InChI is InChI=1S/C14H18N2O5/c1-8(2)20-11-6-4-10(5-7-11)13(18)21-9(3)12(17)16-14(15)19/h4-9H,1-3H3,(H3,15,16,17,19)/t9-/m0/s1. The molecule has 1 aromatic carbocycles. The van der Waals surface area contributed by atoms with E-state index in [-0.39, 0.29) is 11.7 Å². The van der Waals surface area contributed by atoms with Gasteiger partial charge in [0.15, 0.2) is 6.10 Å². The molecule has 114 valence electrons. The highest BCUT2D eigenvalue weighted by molar-refractivity contribution is 5.98. The molecular formula is C14H18N2O5. The Hall–Kier alpha value is -2.57. The average Bonchev–Trinajstić information content (AvgIpc) is 2.37. The molecule has 0 aliphatic heterocycles. The number of nitrogens with one attached hydrogen (secondary N) is 1. The third-order valence-corrected chi connectivity index (χ3v) is 2.36. The maximum Gasteiger partial charge on any atom is 0.338 e. The largest absolute Gasteiger partial charge is 0.491 e. The van der Waals surface area contributed by atoms with Crippen molar-refractivity contribution in [2.45, 2.75) is 33.0 Å². The zero-order chi connectivity index (χ0) is 16.0. The van der Waals surface area contributed by atoms with Crippen LogP contribution in [0.2, 0.25) is 0 Å². The molecule has 1 aromatic rings. The van der Waals surface area contributed by atoms with Crippen LogP contribution in [0, 0.1) is 0 Å². The number of carbonyl (C=O) groups excluding carboxylic acids is 3. The molecule has 0 bridgehead atoms. The Morgan fingerprint density at radius 1 is 1.10 bits per heavy atom. The van der Waals surface area contributed by atoms with Crippen LogP contribution in [-0.4, -0.2) is 30.1 Å². The number of nitrogens with two attached hydrogens (primary N) is 1. The molecule has 0 aliphatic carbocycles. The van der Waals surface area contributed by atoms with Gasteiger partial charge in [0.05, 0.1) is 11.7 Å². The van der Waals surface area contributed by atoms with Crippen molar-refractivity contribution in [1.29, 1.82) is 0 Å². The fraction of sp³-hybridized carbons (Fsp3) is 0.357. The fourth-order valence-electron chi connectivity index (χ4n) is 1.45. The summed E-state index contributed by atoms with van der Waals surface area (Å²) in [5.74, 6) is -0.838. The third-order valence-electron chi connectivity index (χ3n) is 2.36. The van der Waals surface area contributed by atoms with Crippen molar-refractivity contribution < 1.29 is 23.9 Å². The molecular weight excluding hydrogens is 276 g/mol. The lowest BCUT2D eigenvalue weighted by molar-refractivity contribution is -0.127. The summed E-state index contributed by atoms with van der Waals surface area (Å²) in [5, 5.41) is 1.83. The molecule has 0 spiro atoms. The van der Waals surface area contributed by atoms with E-state index in [4.69, 9.17) is 15.2 Å². The van der Waals surface area contributed by atoms with Gasteiger partial charge in [-0.1, -0.05) is 0 Å². The van der Waals surface area contributed by atoms with Crippen molar-refractivity contribution in [1.82, 2.24) is 5.32 Å². The summed E-state index contributed by atoms with van der Waals surface area (Å²) < 4.78 is 10.4. The minimum atomic E-state index is -1.13. The van der Waals surface area contributed by atoms with Crippen LogP contribution in [0.15, 0.2) is 24.3 Å². The molecule has 7 heteroatoms. The predicted octanol–water partition coefficient (Wildman–Crippen LogP) is 1.21. The normalized spacial score (nSPS) is 11.6. The molecule has 21 heavy (non-hydrogen) atoms. The first kappa shape index (κ1) is 16.5. The topological polar surface area (TPSA) is 108 Å². The zero-order valence-electron chi connectivity index (χ0n) is 12.1. The molecule has 1 atom stereocenters. The number of carbonyl (C=O) groups is 3. The lowest BCUT2D eigenvalue weighted by Crippen LogP contribution is -2.42. The van der Waals surface area contributed by atoms with Crippen molar-refractivity contribution >= 4 is 17.9 Å². The number of amides is 3. The summed E-state index contributed by atoms with van der Waals surface area (Å²) in [7, 11) is 0. The summed E-state index contributed by atoms with van der Waals surface area (Å²) in [4.78, 5) is 33.7. The highest BCUT2D eigenvalue weighted by Gasteiger charge is 2.19. The van der Waals surface area contributed by atoms with Crippen LogP contribution >= 0.6 is 0 Å². The van der Waals surface area contributed by atoms with E-state index in [1.54, 1.807) is 12.1 Å². The fourth-order valence-corrected chi connectivity index (χ4v) is 1.45. The summed E-state index contributed by atoms with van der Waals surface area (Å²) in [6.45, 7) is 5.12. The molecule has 0 unspecified atom stereocenters. The van der Waals surface area contributed by atoms with Crippen LogP contribution in [0.4, 0.5) is 4.79 Å². The van der Waals surface area contributed by atoms with Gasteiger partial charge in [0.2, 0.25) is 0 Å². The molecule has 0 saturated carbocycles. The van der Waals surface area contributed by atoms with E-state index in [9.17, 15) is 14.4 Å². The first-order valence-electron chi connectivity index (χ1n) is 6.37. The number of ether oxygens (including phenoxy) is 2. The minimum absolute atomic E-state index is 0.0281. The second kappa shape index (κ2) is 7.28. The number of urea groups is 1. The lowest BCUT2D eigenvalue weighted by Gasteiger charge is -2.13. The van der Waals surface area contributed by atoms with Crippen molar-refractivity contribution in [2.24, 2.45) is 5.73 Å². The van der Waals surface area contributed by atoms with Gasteiger partial charge in [-0.15, -0.1) is 0 Å². The number of hydrogen-bond donors (Lipinski definition) is 2. The average molecular weight is 294 g/mol.